The van der Waals surface area contributed by atoms with Crippen molar-refractivity contribution >= 4 is 34.4 Å². The lowest BCUT2D eigenvalue weighted by atomic mass is 9.90. The fraction of sp³-hybridized carbons (Fsp3) is 0.167. The number of anilines is 1. The molecule has 10 nitrogen and oxygen atoms in total. The Hall–Kier alpha value is -4.44. The second kappa shape index (κ2) is 9.20. The van der Waals surface area contributed by atoms with E-state index in [4.69, 9.17) is 4.99 Å². The molecule has 1 aliphatic rings. The number of rotatable bonds is 7. The maximum absolute atomic E-state index is 13.0. The highest BCUT2D eigenvalue weighted by Crippen LogP contribution is 2.38. The van der Waals surface area contributed by atoms with Crippen molar-refractivity contribution in [3.63, 3.8) is 0 Å². The monoisotopic (exact) mass is 459 g/mol. The van der Waals surface area contributed by atoms with Crippen LogP contribution in [0, 0.1) is 20.2 Å². The average Bonchev–Trinajstić information content (AvgIpc) is 3.13. The highest BCUT2D eigenvalue weighted by molar-refractivity contribution is 6.24. The fourth-order valence-corrected chi connectivity index (χ4v) is 3.86. The van der Waals surface area contributed by atoms with Gasteiger partial charge in [0, 0.05) is 42.1 Å². The van der Waals surface area contributed by atoms with Gasteiger partial charge in [-0.25, -0.2) is 0 Å². The number of carbonyl (C=O) groups excluding carboxylic acids is 1. The Morgan fingerprint density at radius 1 is 0.941 bits per heavy atom. The van der Waals surface area contributed by atoms with E-state index in [-0.39, 0.29) is 17.3 Å². The Bertz CT molecular complexity index is 1300. The van der Waals surface area contributed by atoms with Crippen molar-refractivity contribution < 1.29 is 14.6 Å². The molecule has 0 saturated carbocycles. The van der Waals surface area contributed by atoms with Crippen LogP contribution in [0.5, 0.6) is 0 Å². The maximum atomic E-state index is 13.0. The van der Waals surface area contributed by atoms with Crippen LogP contribution >= 0.6 is 0 Å². The Labute approximate surface area is 194 Å². The van der Waals surface area contributed by atoms with Gasteiger partial charge in [0.1, 0.15) is 5.92 Å². The number of carbonyl (C=O) groups is 1. The highest BCUT2D eigenvalue weighted by atomic mass is 16.6. The van der Waals surface area contributed by atoms with Crippen molar-refractivity contribution in [2.75, 3.05) is 19.4 Å². The quantitative estimate of drug-likeness (QED) is 0.316. The molecule has 0 radical (unpaired) electrons. The second-order valence-electron chi connectivity index (χ2n) is 8.16. The zero-order chi connectivity index (χ0) is 24.4. The third kappa shape index (κ3) is 4.66. The number of nitro groups is 2. The minimum atomic E-state index is -0.919. The van der Waals surface area contributed by atoms with Gasteiger partial charge >= 0.3 is 0 Å². The topological polar surface area (TPSA) is 131 Å². The van der Waals surface area contributed by atoms with Crippen molar-refractivity contribution in [1.82, 2.24) is 4.90 Å². The van der Waals surface area contributed by atoms with Gasteiger partial charge in [0.15, 0.2) is 0 Å². The first-order valence-corrected chi connectivity index (χ1v) is 10.4. The summed E-state index contributed by atoms with van der Waals surface area (Å²) in [7, 11) is 3.93. The van der Waals surface area contributed by atoms with E-state index >= 15 is 0 Å². The van der Waals surface area contributed by atoms with E-state index in [1.165, 1.54) is 42.5 Å². The maximum Gasteiger partial charge on any atom is 0.269 e. The minimum Gasteiger partial charge on any atom is -0.325 e. The van der Waals surface area contributed by atoms with Gasteiger partial charge in [0.2, 0.25) is 5.91 Å². The van der Waals surface area contributed by atoms with E-state index in [0.29, 0.717) is 28.2 Å². The number of benzene rings is 3. The first-order valence-electron chi connectivity index (χ1n) is 10.4. The van der Waals surface area contributed by atoms with E-state index in [0.717, 1.165) is 12.1 Å². The van der Waals surface area contributed by atoms with Crippen molar-refractivity contribution in [2.45, 2.75) is 12.5 Å². The van der Waals surface area contributed by atoms with Gasteiger partial charge in [0.25, 0.3) is 11.4 Å². The molecule has 172 valence electrons. The standard InChI is InChI=1S/C24H21N5O5/c1-27(2)14-15-3-7-17(8-4-15)25-23(16-5-9-18(10-6-16)28(31)32)22-20-13-19(29(33)34)11-12-21(20)26-24(22)30/h3-13,22H,14H2,1-2H3,(H,26,30). The molecule has 1 N–H and O–H groups in total. The molecule has 1 amide bonds. The lowest BCUT2D eigenvalue weighted by Crippen LogP contribution is -2.22. The molecular weight excluding hydrogens is 438 g/mol. The molecule has 4 rings (SSSR count). The molecule has 1 atom stereocenters. The van der Waals surface area contributed by atoms with E-state index in [9.17, 15) is 25.0 Å². The molecule has 34 heavy (non-hydrogen) atoms. The molecule has 0 saturated heterocycles. The van der Waals surface area contributed by atoms with E-state index in [1.54, 1.807) is 0 Å². The summed E-state index contributed by atoms with van der Waals surface area (Å²) in [4.78, 5) is 41.2. The summed E-state index contributed by atoms with van der Waals surface area (Å²) >= 11 is 0. The van der Waals surface area contributed by atoms with Crippen LogP contribution in [0.15, 0.2) is 71.7 Å². The van der Waals surface area contributed by atoms with Crippen LogP contribution in [0.1, 0.15) is 22.6 Å². The van der Waals surface area contributed by atoms with Crippen LogP contribution in [0.2, 0.25) is 0 Å². The smallest absolute Gasteiger partial charge is 0.269 e. The zero-order valence-corrected chi connectivity index (χ0v) is 18.5. The number of nitrogens with one attached hydrogen (secondary N) is 1. The van der Waals surface area contributed by atoms with Crippen molar-refractivity contribution in [3.05, 3.63) is 104 Å². The first-order chi connectivity index (χ1) is 16.2. The molecule has 3 aromatic rings. The second-order valence-corrected chi connectivity index (χ2v) is 8.16. The molecule has 0 fully saturated rings. The van der Waals surface area contributed by atoms with Crippen molar-refractivity contribution in [1.29, 1.82) is 0 Å². The fourth-order valence-electron chi connectivity index (χ4n) is 3.86. The van der Waals surface area contributed by atoms with Crippen molar-refractivity contribution in [3.8, 4) is 0 Å². The molecule has 0 aliphatic carbocycles. The third-order valence-electron chi connectivity index (χ3n) is 5.41. The van der Waals surface area contributed by atoms with Gasteiger partial charge < -0.3 is 10.2 Å². The Morgan fingerprint density at radius 3 is 2.15 bits per heavy atom. The number of nitrogens with zero attached hydrogens (tertiary/aromatic N) is 4. The van der Waals surface area contributed by atoms with Gasteiger partial charge in [-0.05, 0) is 55.6 Å². The molecule has 1 unspecified atom stereocenters. The predicted octanol–water partition coefficient (Wildman–Crippen LogP) is 4.42. The zero-order valence-electron chi connectivity index (χ0n) is 18.5. The van der Waals surface area contributed by atoms with Crippen LogP contribution < -0.4 is 5.32 Å². The number of non-ortho nitro benzene ring substituents is 2. The lowest BCUT2D eigenvalue weighted by Gasteiger charge is -2.14. The van der Waals surface area contributed by atoms with Crippen LogP contribution in [0.3, 0.4) is 0 Å². The summed E-state index contributed by atoms with van der Waals surface area (Å²) in [6.45, 7) is 0.751. The first kappa shape index (κ1) is 22.7. The molecule has 10 heteroatoms. The Kier molecular flexibility index (Phi) is 6.15. The molecule has 0 spiro atoms. The van der Waals surface area contributed by atoms with Crippen LogP contribution in [-0.2, 0) is 11.3 Å². The molecule has 0 bridgehead atoms. The average molecular weight is 459 g/mol. The molecule has 3 aromatic carbocycles. The number of amides is 1. The summed E-state index contributed by atoms with van der Waals surface area (Å²) in [6, 6.07) is 17.4. The highest BCUT2D eigenvalue weighted by Gasteiger charge is 2.36. The van der Waals surface area contributed by atoms with E-state index in [1.807, 2.05) is 43.3 Å². The molecule has 1 aliphatic heterocycles. The van der Waals surface area contributed by atoms with E-state index in [2.05, 4.69) is 5.32 Å². The summed E-state index contributed by atoms with van der Waals surface area (Å²) in [5.74, 6) is -1.30. The van der Waals surface area contributed by atoms with Gasteiger partial charge in [-0.3, -0.25) is 30.0 Å². The van der Waals surface area contributed by atoms with Gasteiger partial charge in [-0.2, -0.15) is 0 Å². The number of hydrogen-bond acceptors (Lipinski definition) is 7. The number of fused-ring (bicyclic) bond motifs is 1. The normalized spacial score (nSPS) is 15.2. The molecule has 0 aromatic heterocycles. The van der Waals surface area contributed by atoms with Gasteiger partial charge in [-0.15, -0.1) is 0 Å². The minimum absolute atomic E-state index is 0.0944. The molecule has 1 heterocycles. The predicted molar refractivity (Wildman–Crippen MR) is 128 cm³/mol. The van der Waals surface area contributed by atoms with Crippen LogP contribution in [0.25, 0.3) is 0 Å². The van der Waals surface area contributed by atoms with Gasteiger partial charge in [0.05, 0.1) is 21.2 Å². The number of aliphatic imine (C=N–C) groups is 1. The van der Waals surface area contributed by atoms with Crippen LogP contribution in [0.4, 0.5) is 22.7 Å². The summed E-state index contributed by atoms with van der Waals surface area (Å²) in [5.41, 5.74) is 3.17. The van der Waals surface area contributed by atoms with Crippen molar-refractivity contribution in [2.24, 2.45) is 4.99 Å². The summed E-state index contributed by atoms with van der Waals surface area (Å²) in [6.07, 6.45) is 0. The Balaban J connectivity index is 1.83. The van der Waals surface area contributed by atoms with Crippen LogP contribution in [-0.4, -0.2) is 40.5 Å². The largest absolute Gasteiger partial charge is 0.325 e. The summed E-state index contributed by atoms with van der Waals surface area (Å²) < 4.78 is 0. The number of nitro benzene ring substituents is 2. The third-order valence-corrected chi connectivity index (χ3v) is 5.41. The Morgan fingerprint density at radius 2 is 1.56 bits per heavy atom. The SMILES string of the molecule is CN(C)Cc1ccc(N=C(c2ccc([N+](=O)[O-])cc2)C2C(=O)Nc3ccc([N+](=O)[O-])cc32)cc1. The summed E-state index contributed by atoms with van der Waals surface area (Å²) in [5, 5.41) is 25.2. The molecular formula is C24H21N5O5. The van der Waals surface area contributed by atoms with Gasteiger partial charge in [-0.1, -0.05) is 12.1 Å². The number of hydrogen-bond donors (Lipinski definition) is 1. The van der Waals surface area contributed by atoms with E-state index < -0.39 is 15.8 Å². The lowest BCUT2D eigenvalue weighted by molar-refractivity contribution is -0.385.